The molecule has 0 aliphatic carbocycles. The van der Waals surface area contributed by atoms with Gasteiger partial charge < -0.3 is 20.1 Å². The van der Waals surface area contributed by atoms with Crippen molar-refractivity contribution in [3.8, 4) is 0 Å². The molecular weight excluding hydrogens is 302 g/mol. The predicted molar refractivity (Wildman–Crippen MR) is 98.2 cm³/mol. The van der Waals surface area contributed by atoms with Gasteiger partial charge >= 0.3 is 0 Å². The molecule has 2 N–H and O–H groups in total. The first-order chi connectivity index (χ1) is 11.7. The van der Waals surface area contributed by atoms with Gasteiger partial charge in [0.05, 0.1) is 6.54 Å². The van der Waals surface area contributed by atoms with Crippen LogP contribution < -0.4 is 15.5 Å². The van der Waals surface area contributed by atoms with Crippen LogP contribution in [0.4, 0.5) is 5.69 Å². The molecule has 2 rings (SSSR count). The van der Waals surface area contributed by atoms with Crippen molar-refractivity contribution in [1.29, 1.82) is 0 Å². The number of hydrogen-bond donors (Lipinski definition) is 2. The van der Waals surface area contributed by atoms with Crippen LogP contribution in [-0.4, -0.2) is 47.4 Å². The summed E-state index contributed by atoms with van der Waals surface area (Å²) in [5, 5.41) is 14.5. The zero-order chi connectivity index (χ0) is 17.2. The van der Waals surface area contributed by atoms with Crippen molar-refractivity contribution in [1.82, 2.24) is 25.4 Å². The highest BCUT2D eigenvalue weighted by atomic mass is 15.3. The predicted octanol–water partition coefficient (Wildman–Crippen LogP) is 1.40. The van der Waals surface area contributed by atoms with Gasteiger partial charge in [-0.3, -0.25) is 4.99 Å². The second-order valence-electron chi connectivity index (χ2n) is 5.48. The minimum atomic E-state index is 0.598. The molecule has 0 aliphatic heterocycles. The van der Waals surface area contributed by atoms with E-state index in [4.69, 9.17) is 0 Å². The number of benzene rings is 1. The SMILES string of the molecule is CCN(CCCNC(=NC)NCc1nncn1C)c1ccccc1. The van der Waals surface area contributed by atoms with E-state index in [9.17, 15) is 0 Å². The molecule has 0 saturated heterocycles. The number of guanidine groups is 1. The Morgan fingerprint density at radius 1 is 1.25 bits per heavy atom. The van der Waals surface area contributed by atoms with E-state index in [2.05, 4.69) is 61.9 Å². The molecule has 0 bridgehead atoms. The first kappa shape index (κ1) is 17.8. The van der Waals surface area contributed by atoms with E-state index in [1.165, 1.54) is 5.69 Å². The molecule has 0 aliphatic rings. The van der Waals surface area contributed by atoms with E-state index in [1.807, 2.05) is 17.7 Å². The van der Waals surface area contributed by atoms with E-state index in [0.29, 0.717) is 6.54 Å². The van der Waals surface area contributed by atoms with Gasteiger partial charge in [-0.1, -0.05) is 18.2 Å². The lowest BCUT2D eigenvalue weighted by Gasteiger charge is -2.23. The molecule has 7 heteroatoms. The summed E-state index contributed by atoms with van der Waals surface area (Å²) in [5.41, 5.74) is 1.27. The summed E-state index contributed by atoms with van der Waals surface area (Å²) in [6, 6.07) is 10.5. The average Bonchev–Trinajstić information content (AvgIpc) is 3.03. The van der Waals surface area contributed by atoms with Gasteiger partial charge in [-0.15, -0.1) is 10.2 Å². The number of aromatic nitrogens is 3. The lowest BCUT2D eigenvalue weighted by atomic mass is 10.2. The summed E-state index contributed by atoms with van der Waals surface area (Å²) in [4.78, 5) is 6.61. The lowest BCUT2D eigenvalue weighted by Crippen LogP contribution is -2.38. The maximum atomic E-state index is 4.24. The molecule has 0 saturated carbocycles. The fraction of sp³-hybridized carbons (Fsp3) is 0.471. The number of nitrogens with one attached hydrogen (secondary N) is 2. The Morgan fingerprint density at radius 3 is 2.67 bits per heavy atom. The van der Waals surface area contributed by atoms with Crippen LogP contribution in [-0.2, 0) is 13.6 Å². The standard InChI is InChI=1S/C17H27N7/c1-4-24(15-9-6-5-7-10-15)12-8-11-19-17(18-2)20-13-16-22-21-14-23(16)3/h5-7,9-10,14H,4,8,11-13H2,1-3H3,(H2,18,19,20). The molecule has 1 heterocycles. The molecule has 2 aromatic rings. The molecular formula is C17H27N7. The van der Waals surface area contributed by atoms with Gasteiger partial charge in [-0.05, 0) is 25.5 Å². The molecule has 24 heavy (non-hydrogen) atoms. The van der Waals surface area contributed by atoms with Crippen LogP contribution in [0.15, 0.2) is 41.7 Å². The van der Waals surface area contributed by atoms with Crippen LogP contribution in [0.5, 0.6) is 0 Å². The van der Waals surface area contributed by atoms with Gasteiger partial charge in [-0.2, -0.15) is 0 Å². The molecule has 0 atom stereocenters. The highest BCUT2D eigenvalue weighted by Gasteiger charge is 2.05. The van der Waals surface area contributed by atoms with Crippen molar-refractivity contribution < 1.29 is 0 Å². The van der Waals surface area contributed by atoms with Gasteiger partial charge in [0.25, 0.3) is 0 Å². The number of nitrogens with zero attached hydrogens (tertiary/aromatic N) is 5. The highest BCUT2D eigenvalue weighted by molar-refractivity contribution is 5.79. The lowest BCUT2D eigenvalue weighted by molar-refractivity contribution is 0.693. The second kappa shape index (κ2) is 9.54. The average molecular weight is 329 g/mol. The first-order valence-corrected chi connectivity index (χ1v) is 8.32. The largest absolute Gasteiger partial charge is 0.372 e. The fourth-order valence-corrected chi connectivity index (χ4v) is 2.44. The minimum absolute atomic E-state index is 0.598. The quantitative estimate of drug-likeness (QED) is 0.435. The number of aryl methyl sites for hydroxylation is 1. The van der Waals surface area contributed by atoms with Gasteiger partial charge in [0.15, 0.2) is 11.8 Å². The first-order valence-electron chi connectivity index (χ1n) is 8.32. The Bertz CT molecular complexity index is 621. The maximum Gasteiger partial charge on any atom is 0.191 e. The van der Waals surface area contributed by atoms with E-state index in [1.54, 1.807) is 13.4 Å². The fourth-order valence-electron chi connectivity index (χ4n) is 2.44. The highest BCUT2D eigenvalue weighted by Crippen LogP contribution is 2.12. The van der Waals surface area contributed by atoms with Crippen LogP contribution in [0.1, 0.15) is 19.2 Å². The molecule has 0 fully saturated rings. The van der Waals surface area contributed by atoms with E-state index in [-0.39, 0.29) is 0 Å². The minimum Gasteiger partial charge on any atom is -0.372 e. The Morgan fingerprint density at radius 2 is 2.04 bits per heavy atom. The van der Waals surface area contributed by atoms with Crippen molar-refractivity contribution in [3.05, 3.63) is 42.5 Å². The van der Waals surface area contributed by atoms with Crippen LogP contribution in [0.2, 0.25) is 0 Å². The van der Waals surface area contributed by atoms with Crippen LogP contribution in [0, 0.1) is 0 Å². The third-order valence-electron chi connectivity index (χ3n) is 3.84. The number of aliphatic imine (C=N–C) groups is 1. The van der Waals surface area contributed by atoms with Gasteiger partial charge in [0, 0.05) is 39.4 Å². The summed E-state index contributed by atoms with van der Waals surface area (Å²) in [6.07, 6.45) is 2.73. The van der Waals surface area contributed by atoms with E-state index < -0.39 is 0 Å². The molecule has 0 unspecified atom stereocenters. The molecule has 0 spiro atoms. The Labute approximate surface area is 143 Å². The Balaban J connectivity index is 1.71. The monoisotopic (exact) mass is 329 g/mol. The zero-order valence-electron chi connectivity index (χ0n) is 14.7. The number of hydrogen-bond acceptors (Lipinski definition) is 4. The van der Waals surface area contributed by atoms with Crippen LogP contribution >= 0.6 is 0 Å². The molecule has 7 nitrogen and oxygen atoms in total. The molecule has 1 aromatic heterocycles. The Hall–Kier alpha value is -2.57. The third-order valence-corrected chi connectivity index (χ3v) is 3.84. The zero-order valence-corrected chi connectivity index (χ0v) is 14.7. The van der Waals surface area contributed by atoms with E-state index in [0.717, 1.165) is 37.8 Å². The third kappa shape index (κ3) is 5.26. The molecule has 1 aromatic carbocycles. The smallest absolute Gasteiger partial charge is 0.191 e. The van der Waals surface area contributed by atoms with Gasteiger partial charge in [0.1, 0.15) is 6.33 Å². The summed E-state index contributed by atoms with van der Waals surface area (Å²) in [7, 11) is 3.70. The number of para-hydroxylation sites is 1. The summed E-state index contributed by atoms with van der Waals surface area (Å²) in [6.45, 7) is 5.65. The normalized spacial score (nSPS) is 11.4. The van der Waals surface area contributed by atoms with Crippen LogP contribution in [0.25, 0.3) is 0 Å². The maximum absolute atomic E-state index is 4.24. The number of anilines is 1. The number of rotatable bonds is 8. The van der Waals surface area contributed by atoms with Crippen molar-refractivity contribution in [3.63, 3.8) is 0 Å². The topological polar surface area (TPSA) is 70.4 Å². The van der Waals surface area contributed by atoms with Crippen molar-refractivity contribution in [2.75, 3.05) is 31.6 Å². The molecule has 130 valence electrons. The summed E-state index contributed by atoms with van der Waals surface area (Å²) < 4.78 is 1.89. The summed E-state index contributed by atoms with van der Waals surface area (Å²) >= 11 is 0. The summed E-state index contributed by atoms with van der Waals surface area (Å²) in [5.74, 6) is 1.65. The van der Waals surface area contributed by atoms with Crippen LogP contribution in [0.3, 0.4) is 0 Å². The molecule has 0 radical (unpaired) electrons. The van der Waals surface area contributed by atoms with Crippen molar-refractivity contribution >= 4 is 11.6 Å². The Kier molecular flexibility index (Phi) is 7.07. The second-order valence-corrected chi connectivity index (χ2v) is 5.48. The van der Waals surface area contributed by atoms with Crippen molar-refractivity contribution in [2.45, 2.75) is 19.9 Å². The van der Waals surface area contributed by atoms with Gasteiger partial charge in [-0.25, -0.2) is 0 Å². The van der Waals surface area contributed by atoms with Gasteiger partial charge in [0.2, 0.25) is 0 Å². The molecule has 0 amide bonds. The van der Waals surface area contributed by atoms with E-state index >= 15 is 0 Å². The van der Waals surface area contributed by atoms with Crippen molar-refractivity contribution in [2.24, 2.45) is 12.0 Å².